The number of amides is 4. The number of carbonyl (C=O) groups excluding carboxylic acids is 3. The number of fused-ring (bicyclic) bond motifs is 2. The molecule has 14 heteroatoms. The predicted octanol–water partition coefficient (Wildman–Crippen LogP) is -1.97. The minimum absolute atomic E-state index is 0.0500. The topological polar surface area (TPSA) is 163 Å². The highest BCUT2D eigenvalue weighted by Crippen LogP contribution is 2.30. The number of piperidine rings is 1. The van der Waals surface area contributed by atoms with Crippen molar-refractivity contribution in [1.82, 2.24) is 30.4 Å². The van der Waals surface area contributed by atoms with E-state index in [2.05, 4.69) is 20.1 Å². The molecule has 2 saturated heterocycles. The van der Waals surface area contributed by atoms with Crippen molar-refractivity contribution in [3.8, 4) is 0 Å². The van der Waals surface area contributed by atoms with Crippen LogP contribution in [-0.4, -0.2) is 69.0 Å². The summed E-state index contributed by atoms with van der Waals surface area (Å²) in [5, 5.41) is 0.542. The van der Waals surface area contributed by atoms with Gasteiger partial charge < -0.3 is 9.47 Å². The fourth-order valence-corrected chi connectivity index (χ4v) is 3.29. The molecule has 3 heterocycles. The van der Waals surface area contributed by atoms with Crippen LogP contribution in [0.4, 0.5) is 4.79 Å². The number of nitrogens with zero attached hydrogens (tertiary/aromatic N) is 4. The maximum atomic E-state index is 12.3. The van der Waals surface area contributed by atoms with Crippen LogP contribution in [0.3, 0.4) is 0 Å². The second-order valence-corrected chi connectivity index (χ2v) is 6.79. The molecule has 1 aromatic rings. The Labute approximate surface area is 147 Å². The van der Waals surface area contributed by atoms with E-state index >= 15 is 0 Å². The van der Waals surface area contributed by atoms with Gasteiger partial charge in [0.2, 0.25) is 0 Å². The zero-order valence-electron chi connectivity index (χ0n) is 13.3. The van der Waals surface area contributed by atoms with Crippen molar-refractivity contribution in [2.75, 3.05) is 6.54 Å². The quantitative estimate of drug-likeness (QED) is 0.386. The summed E-state index contributed by atoms with van der Waals surface area (Å²) in [6.07, 6.45) is 5.05. The number of urea groups is 1. The number of hydrogen-bond acceptors (Lipinski definition) is 7. The van der Waals surface area contributed by atoms with E-state index in [4.69, 9.17) is 4.55 Å². The fourth-order valence-electron chi connectivity index (χ4n) is 2.90. The second kappa shape index (κ2) is 6.89. The van der Waals surface area contributed by atoms with Crippen molar-refractivity contribution in [3.63, 3.8) is 0 Å². The molecule has 0 spiro atoms. The molecule has 2 bridgehead atoms. The first kappa shape index (κ1) is 18.1. The van der Waals surface area contributed by atoms with Gasteiger partial charge in [0.15, 0.2) is 0 Å². The smallest absolute Gasteiger partial charge is 0.328 e. The Morgan fingerprint density at radius 2 is 2.12 bits per heavy atom. The first-order chi connectivity index (χ1) is 12.2. The predicted molar refractivity (Wildman–Crippen MR) is 81.9 cm³/mol. The highest BCUT2D eigenvalue weighted by atomic mass is 32.3. The maximum absolute atomic E-state index is 12.3. The number of carbonyl (C=O) groups is 3. The lowest BCUT2D eigenvalue weighted by Gasteiger charge is -2.29. The summed E-state index contributed by atoms with van der Waals surface area (Å²) in [6, 6.07) is -2.35. The summed E-state index contributed by atoms with van der Waals surface area (Å²) in [5.41, 5.74) is 4.47. The molecule has 4 amide bonds. The van der Waals surface area contributed by atoms with Gasteiger partial charge in [-0.3, -0.25) is 25.0 Å². The molecule has 2 atom stereocenters. The van der Waals surface area contributed by atoms with Gasteiger partial charge in [-0.25, -0.2) is 9.78 Å². The first-order valence-electron chi connectivity index (χ1n) is 7.56. The number of hydrazine groups is 1. The van der Waals surface area contributed by atoms with Crippen molar-refractivity contribution < 1.29 is 31.6 Å². The Hall–Kier alpha value is -2.71. The molecule has 26 heavy (non-hydrogen) atoms. The van der Waals surface area contributed by atoms with Gasteiger partial charge in [0.25, 0.3) is 11.8 Å². The molecular formula is C12H16N6O7S. The van der Waals surface area contributed by atoms with Crippen molar-refractivity contribution in [2.24, 2.45) is 0 Å². The highest BCUT2D eigenvalue weighted by molar-refractivity contribution is 7.80. The monoisotopic (exact) mass is 388 g/mol. The fraction of sp³-hybridized carbons (Fsp3) is 0.500. The van der Waals surface area contributed by atoms with Crippen LogP contribution in [0.15, 0.2) is 18.7 Å². The molecule has 2 aliphatic heterocycles. The van der Waals surface area contributed by atoms with Crippen LogP contribution in [0.25, 0.3) is 0 Å². The lowest BCUT2D eigenvalue weighted by molar-refractivity contribution is -0.132. The summed E-state index contributed by atoms with van der Waals surface area (Å²) in [5.74, 6) is -1.11. The van der Waals surface area contributed by atoms with Gasteiger partial charge in [-0.1, -0.05) is 0 Å². The molecule has 142 valence electrons. The largest absolute Gasteiger partial charge is 0.418 e. The molecule has 13 nitrogen and oxygen atoms in total. The number of imidazole rings is 1. The van der Waals surface area contributed by atoms with Crippen molar-refractivity contribution in [1.29, 1.82) is 0 Å². The summed E-state index contributed by atoms with van der Waals surface area (Å²) in [7, 11) is -4.85. The van der Waals surface area contributed by atoms with Crippen LogP contribution in [0.1, 0.15) is 12.8 Å². The molecule has 2 aliphatic rings. The molecule has 0 aliphatic carbocycles. The zero-order valence-corrected chi connectivity index (χ0v) is 14.1. The molecule has 0 saturated carbocycles. The van der Waals surface area contributed by atoms with E-state index in [0.29, 0.717) is 11.5 Å². The SMILES string of the molecule is O=C(Cn1ccnc1)NNC(=O)[C@@H]1CC[C@H]2CN1C(=O)N2OS(=O)(=O)O. The van der Waals surface area contributed by atoms with Crippen molar-refractivity contribution >= 4 is 28.2 Å². The molecular weight excluding hydrogens is 372 g/mol. The Bertz CT molecular complexity index is 810. The first-order valence-corrected chi connectivity index (χ1v) is 8.92. The molecule has 1 aromatic heterocycles. The number of hydrogen-bond donors (Lipinski definition) is 3. The molecule has 0 unspecified atom stereocenters. The van der Waals surface area contributed by atoms with Gasteiger partial charge >= 0.3 is 16.4 Å². The van der Waals surface area contributed by atoms with Gasteiger partial charge in [-0.15, -0.1) is 4.28 Å². The summed E-state index contributed by atoms with van der Waals surface area (Å²) >= 11 is 0. The third-order valence-corrected chi connectivity index (χ3v) is 4.36. The summed E-state index contributed by atoms with van der Waals surface area (Å²) in [6.45, 7) is 0.0149. The van der Waals surface area contributed by atoms with Crippen LogP contribution >= 0.6 is 0 Å². The van der Waals surface area contributed by atoms with Crippen LogP contribution in [0.2, 0.25) is 0 Å². The minimum atomic E-state index is -4.85. The Balaban J connectivity index is 1.56. The van der Waals surface area contributed by atoms with E-state index < -0.39 is 40.3 Å². The van der Waals surface area contributed by atoms with E-state index in [1.165, 1.54) is 17.1 Å². The van der Waals surface area contributed by atoms with E-state index in [-0.39, 0.29) is 19.5 Å². The standard InChI is InChI=1S/C12H16N6O7S/c19-10(6-16-4-3-13-7-16)14-15-11(20)9-2-1-8-5-17(9)12(21)18(8)25-26(22,23)24/h3-4,7-9H,1-2,5-6H2,(H,14,19)(H,15,20)(H,22,23,24)/t8-,9-/m0/s1. The third-order valence-electron chi connectivity index (χ3n) is 4.01. The van der Waals surface area contributed by atoms with Gasteiger partial charge in [-0.05, 0) is 12.8 Å². The van der Waals surface area contributed by atoms with Crippen molar-refractivity contribution in [3.05, 3.63) is 18.7 Å². The van der Waals surface area contributed by atoms with Crippen LogP contribution in [0.5, 0.6) is 0 Å². The number of hydroxylamine groups is 2. The van der Waals surface area contributed by atoms with Gasteiger partial charge in [0, 0.05) is 18.9 Å². The Morgan fingerprint density at radius 3 is 2.77 bits per heavy atom. The Kier molecular flexibility index (Phi) is 4.80. The number of rotatable bonds is 5. The third kappa shape index (κ3) is 3.92. The molecule has 0 aromatic carbocycles. The molecule has 0 radical (unpaired) electrons. The second-order valence-electron chi connectivity index (χ2n) is 5.78. The van der Waals surface area contributed by atoms with Crippen LogP contribution < -0.4 is 10.9 Å². The minimum Gasteiger partial charge on any atom is -0.328 e. The van der Waals surface area contributed by atoms with Crippen LogP contribution in [0, 0.1) is 0 Å². The van der Waals surface area contributed by atoms with E-state index in [0.717, 1.165) is 4.90 Å². The lowest BCUT2D eigenvalue weighted by Crippen LogP contribution is -2.54. The number of nitrogens with one attached hydrogen (secondary N) is 2. The van der Waals surface area contributed by atoms with E-state index in [1.807, 2.05) is 0 Å². The highest BCUT2D eigenvalue weighted by Gasteiger charge is 2.49. The van der Waals surface area contributed by atoms with E-state index in [1.54, 1.807) is 6.20 Å². The molecule has 2 fully saturated rings. The van der Waals surface area contributed by atoms with Gasteiger partial charge in [-0.2, -0.15) is 13.5 Å². The lowest BCUT2D eigenvalue weighted by atomic mass is 10.0. The van der Waals surface area contributed by atoms with Gasteiger partial charge in [0.1, 0.15) is 12.6 Å². The van der Waals surface area contributed by atoms with Crippen LogP contribution in [-0.2, 0) is 30.8 Å². The van der Waals surface area contributed by atoms with Gasteiger partial charge in [0.05, 0.1) is 12.4 Å². The average Bonchev–Trinajstić information content (AvgIpc) is 3.15. The number of aromatic nitrogens is 2. The maximum Gasteiger partial charge on any atom is 0.418 e. The van der Waals surface area contributed by atoms with Crippen molar-refractivity contribution in [2.45, 2.75) is 31.5 Å². The summed E-state index contributed by atoms with van der Waals surface area (Å²) < 4.78 is 36.2. The molecule has 3 rings (SSSR count). The normalized spacial score (nSPS) is 22.4. The average molecular weight is 388 g/mol. The molecule has 3 N–H and O–H groups in total. The zero-order chi connectivity index (χ0) is 18.9. The Morgan fingerprint density at radius 1 is 1.35 bits per heavy atom. The summed E-state index contributed by atoms with van der Waals surface area (Å²) in [4.78, 5) is 41.1. The van der Waals surface area contributed by atoms with E-state index in [9.17, 15) is 22.8 Å².